The van der Waals surface area contributed by atoms with Crippen LogP contribution in [0.3, 0.4) is 0 Å². The van der Waals surface area contributed by atoms with Crippen LogP contribution in [0.4, 0.5) is 5.69 Å². The molecule has 0 amide bonds. The van der Waals surface area contributed by atoms with Gasteiger partial charge in [-0.15, -0.1) is 0 Å². The van der Waals surface area contributed by atoms with Crippen LogP contribution in [0.1, 0.15) is 5.56 Å². The van der Waals surface area contributed by atoms with Gasteiger partial charge in [0.25, 0.3) is 0 Å². The Bertz CT molecular complexity index is 817. The maximum atomic E-state index is 9.91. The number of rotatable bonds is 7. The first-order valence-electron chi connectivity index (χ1n) is 7.79. The molecular weight excluding hydrogens is 370 g/mol. The molecule has 0 aliphatic heterocycles. The molecule has 9 heteroatoms. The summed E-state index contributed by atoms with van der Waals surface area (Å²) in [4.78, 5) is 0. The van der Waals surface area contributed by atoms with Crippen molar-refractivity contribution < 1.29 is 24.1 Å². The van der Waals surface area contributed by atoms with Gasteiger partial charge in [-0.3, -0.25) is 5.43 Å². The summed E-state index contributed by atoms with van der Waals surface area (Å²) in [5.41, 5.74) is 4.08. The predicted molar refractivity (Wildman–Crippen MR) is 108 cm³/mol. The van der Waals surface area contributed by atoms with E-state index >= 15 is 0 Å². The minimum atomic E-state index is -0.0734. The summed E-state index contributed by atoms with van der Waals surface area (Å²) in [6.07, 6.45) is 1.52. The summed E-state index contributed by atoms with van der Waals surface area (Å²) < 4.78 is 20.6. The summed E-state index contributed by atoms with van der Waals surface area (Å²) in [5, 5.41) is 17.3. The van der Waals surface area contributed by atoms with Gasteiger partial charge >= 0.3 is 0 Å². The smallest absolute Gasteiger partial charge is 0.200 e. The van der Waals surface area contributed by atoms with E-state index in [1.807, 2.05) is 0 Å². The number of aromatic hydroxyl groups is 1. The van der Waals surface area contributed by atoms with Crippen molar-refractivity contribution in [2.24, 2.45) is 5.10 Å². The highest BCUT2D eigenvalue weighted by Gasteiger charge is 2.10. The summed E-state index contributed by atoms with van der Waals surface area (Å²) in [7, 11) is 6.04. The monoisotopic (exact) mass is 391 g/mol. The number of nitrogens with one attached hydrogen (secondary N) is 2. The van der Waals surface area contributed by atoms with E-state index in [-0.39, 0.29) is 22.4 Å². The van der Waals surface area contributed by atoms with Crippen LogP contribution in [0.15, 0.2) is 35.4 Å². The normalized spacial score (nSPS) is 10.4. The van der Waals surface area contributed by atoms with E-state index in [1.165, 1.54) is 20.4 Å². The van der Waals surface area contributed by atoms with E-state index in [0.29, 0.717) is 22.7 Å². The summed E-state index contributed by atoms with van der Waals surface area (Å²) >= 11 is 5.21. The molecule has 0 radical (unpaired) electrons. The van der Waals surface area contributed by atoms with Crippen molar-refractivity contribution in [2.75, 3.05) is 33.8 Å². The predicted octanol–water partition coefficient (Wildman–Crippen LogP) is 2.75. The standard InChI is InChI=1S/C18H21N3O5S/c1-23-13-6-5-12(9-14(13)24-2)20-18(27)21-19-10-11-7-15(25-3)17(22)16(8-11)26-4/h5-10,22H,1-4H3,(H2,20,21,27). The Morgan fingerprint density at radius 3 is 2.07 bits per heavy atom. The fraction of sp³-hybridized carbons (Fsp3) is 0.222. The van der Waals surface area contributed by atoms with Gasteiger partial charge in [-0.05, 0) is 36.5 Å². The van der Waals surface area contributed by atoms with Gasteiger partial charge in [0, 0.05) is 17.3 Å². The lowest BCUT2D eigenvalue weighted by molar-refractivity contribution is 0.340. The number of ether oxygens (including phenoxy) is 4. The van der Waals surface area contributed by atoms with Crippen molar-refractivity contribution in [3.05, 3.63) is 35.9 Å². The van der Waals surface area contributed by atoms with Gasteiger partial charge in [0.1, 0.15) is 0 Å². The summed E-state index contributed by atoms with van der Waals surface area (Å²) in [6, 6.07) is 8.56. The van der Waals surface area contributed by atoms with Crippen molar-refractivity contribution in [3.63, 3.8) is 0 Å². The molecule has 0 aliphatic rings. The average molecular weight is 391 g/mol. The van der Waals surface area contributed by atoms with Crippen molar-refractivity contribution in [2.45, 2.75) is 0 Å². The average Bonchev–Trinajstić information content (AvgIpc) is 2.68. The van der Waals surface area contributed by atoms with Crippen molar-refractivity contribution >= 4 is 29.2 Å². The molecule has 0 heterocycles. The van der Waals surface area contributed by atoms with E-state index in [2.05, 4.69) is 15.8 Å². The van der Waals surface area contributed by atoms with Gasteiger partial charge in [-0.2, -0.15) is 5.10 Å². The van der Waals surface area contributed by atoms with Gasteiger partial charge in [-0.1, -0.05) is 0 Å². The maximum Gasteiger partial charge on any atom is 0.200 e. The first-order chi connectivity index (χ1) is 13.0. The van der Waals surface area contributed by atoms with E-state index in [0.717, 1.165) is 0 Å². The quantitative estimate of drug-likeness (QED) is 0.377. The Labute approximate surface area is 162 Å². The molecule has 0 atom stereocenters. The van der Waals surface area contributed by atoms with Crippen LogP contribution in [-0.2, 0) is 0 Å². The minimum absolute atomic E-state index is 0.0734. The highest BCUT2D eigenvalue weighted by Crippen LogP contribution is 2.36. The van der Waals surface area contributed by atoms with Crippen LogP contribution in [-0.4, -0.2) is 44.9 Å². The minimum Gasteiger partial charge on any atom is -0.502 e. The number of nitrogens with zero attached hydrogens (tertiary/aromatic N) is 1. The number of methoxy groups -OCH3 is 4. The second-order valence-corrected chi connectivity index (χ2v) is 5.58. The number of thiocarbonyl (C=S) groups is 1. The van der Waals surface area contributed by atoms with Crippen LogP contribution in [0.2, 0.25) is 0 Å². The van der Waals surface area contributed by atoms with E-state index in [1.54, 1.807) is 44.6 Å². The Hall–Kier alpha value is -3.20. The third-order valence-corrected chi connectivity index (χ3v) is 3.72. The van der Waals surface area contributed by atoms with Crippen LogP contribution >= 0.6 is 12.2 Å². The van der Waals surface area contributed by atoms with Gasteiger partial charge in [-0.25, -0.2) is 0 Å². The zero-order chi connectivity index (χ0) is 19.8. The Kier molecular flexibility index (Phi) is 7.07. The number of hydrogen-bond acceptors (Lipinski definition) is 7. The van der Waals surface area contributed by atoms with E-state index in [9.17, 15) is 5.11 Å². The number of phenols is 1. The van der Waals surface area contributed by atoms with Crippen molar-refractivity contribution in [1.29, 1.82) is 0 Å². The molecule has 0 unspecified atom stereocenters. The first-order valence-corrected chi connectivity index (χ1v) is 8.20. The lowest BCUT2D eigenvalue weighted by Gasteiger charge is -2.11. The molecule has 3 N–H and O–H groups in total. The first kappa shape index (κ1) is 20.1. The topological polar surface area (TPSA) is 93.6 Å². The third-order valence-electron chi connectivity index (χ3n) is 3.52. The molecule has 0 aromatic heterocycles. The number of hydrazone groups is 1. The fourth-order valence-electron chi connectivity index (χ4n) is 2.23. The number of benzene rings is 2. The largest absolute Gasteiger partial charge is 0.502 e. The molecule has 27 heavy (non-hydrogen) atoms. The SMILES string of the molecule is COc1ccc(NC(=S)NN=Cc2cc(OC)c(O)c(OC)c2)cc1OC. The molecule has 0 saturated carbocycles. The molecule has 2 aromatic rings. The van der Waals surface area contributed by atoms with Crippen LogP contribution < -0.4 is 29.7 Å². The molecular formula is C18H21N3O5S. The van der Waals surface area contributed by atoms with Gasteiger partial charge in [0.05, 0.1) is 34.7 Å². The van der Waals surface area contributed by atoms with Crippen LogP contribution in [0.25, 0.3) is 0 Å². The zero-order valence-electron chi connectivity index (χ0n) is 15.4. The molecule has 0 bridgehead atoms. The molecule has 0 saturated heterocycles. The second-order valence-electron chi connectivity index (χ2n) is 5.17. The highest BCUT2D eigenvalue weighted by molar-refractivity contribution is 7.80. The van der Waals surface area contributed by atoms with Crippen LogP contribution in [0.5, 0.6) is 28.7 Å². The van der Waals surface area contributed by atoms with Crippen molar-refractivity contribution in [3.8, 4) is 28.7 Å². The second kappa shape index (κ2) is 9.48. The maximum absolute atomic E-state index is 9.91. The van der Waals surface area contributed by atoms with E-state index < -0.39 is 0 Å². The Balaban J connectivity index is 2.03. The summed E-state index contributed by atoms with van der Waals surface area (Å²) in [5.74, 6) is 1.69. The van der Waals surface area contributed by atoms with E-state index in [4.69, 9.17) is 31.2 Å². The molecule has 0 aliphatic carbocycles. The molecule has 8 nitrogen and oxygen atoms in total. The fourth-order valence-corrected chi connectivity index (χ4v) is 2.40. The number of anilines is 1. The molecule has 2 aromatic carbocycles. The molecule has 0 spiro atoms. The number of phenolic OH excluding ortho intramolecular Hbond substituents is 1. The third kappa shape index (κ3) is 5.14. The molecule has 144 valence electrons. The highest BCUT2D eigenvalue weighted by atomic mass is 32.1. The number of hydrogen-bond donors (Lipinski definition) is 3. The Morgan fingerprint density at radius 1 is 0.926 bits per heavy atom. The van der Waals surface area contributed by atoms with Gasteiger partial charge in [0.2, 0.25) is 5.75 Å². The lowest BCUT2D eigenvalue weighted by atomic mass is 10.2. The summed E-state index contributed by atoms with van der Waals surface area (Å²) in [6.45, 7) is 0. The zero-order valence-corrected chi connectivity index (χ0v) is 16.2. The lowest BCUT2D eigenvalue weighted by Crippen LogP contribution is -2.23. The van der Waals surface area contributed by atoms with Crippen molar-refractivity contribution in [1.82, 2.24) is 5.43 Å². The molecule has 0 fully saturated rings. The van der Waals surface area contributed by atoms with Gasteiger partial charge in [0.15, 0.2) is 28.1 Å². The van der Waals surface area contributed by atoms with Crippen LogP contribution in [0, 0.1) is 0 Å². The van der Waals surface area contributed by atoms with Gasteiger partial charge < -0.3 is 29.4 Å². The molecule has 2 rings (SSSR count). The Morgan fingerprint density at radius 2 is 1.52 bits per heavy atom.